The first kappa shape index (κ1) is 13.5. The first-order valence-electron chi connectivity index (χ1n) is 6.25. The van der Waals surface area contributed by atoms with Crippen molar-refractivity contribution in [3.63, 3.8) is 0 Å². The van der Waals surface area contributed by atoms with E-state index in [4.69, 9.17) is 9.84 Å². The molecule has 0 radical (unpaired) electrons. The van der Waals surface area contributed by atoms with Crippen LogP contribution in [0, 0.1) is 11.8 Å². The lowest BCUT2D eigenvalue weighted by Crippen LogP contribution is -2.39. The summed E-state index contributed by atoms with van der Waals surface area (Å²) in [7, 11) is 0. The van der Waals surface area contributed by atoms with E-state index in [2.05, 4.69) is 13.8 Å². The number of ether oxygens (including phenoxy) is 1. The van der Waals surface area contributed by atoms with Crippen molar-refractivity contribution in [2.75, 3.05) is 0 Å². The number of aliphatic hydroxyl groups excluding tert-OH is 1. The van der Waals surface area contributed by atoms with Gasteiger partial charge >= 0.3 is 5.97 Å². The number of hydrogen-bond acceptors (Lipinski definition) is 3. The van der Waals surface area contributed by atoms with Crippen molar-refractivity contribution >= 4 is 5.97 Å². The Hall–Kier alpha value is -0.570. The average molecular weight is 228 g/mol. The molecule has 0 aromatic heterocycles. The maximum absolute atomic E-state index is 11.4. The van der Waals surface area contributed by atoms with Gasteiger partial charge in [0.25, 0.3) is 0 Å². The van der Waals surface area contributed by atoms with Gasteiger partial charge in [0.05, 0.1) is 0 Å². The van der Waals surface area contributed by atoms with E-state index in [0.717, 1.165) is 31.6 Å². The molecule has 94 valence electrons. The summed E-state index contributed by atoms with van der Waals surface area (Å²) in [4.78, 5) is 11.4. The molecular formula is C13H24O3. The highest BCUT2D eigenvalue weighted by Gasteiger charge is 2.35. The van der Waals surface area contributed by atoms with E-state index in [1.807, 2.05) is 6.92 Å². The summed E-state index contributed by atoms with van der Waals surface area (Å²) in [5.74, 6) is 0.959. The summed E-state index contributed by atoms with van der Waals surface area (Å²) in [5.41, 5.74) is -0.362. The molecule has 1 fully saturated rings. The van der Waals surface area contributed by atoms with Gasteiger partial charge in [-0.1, -0.05) is 13.8 Å². The maximum Gasteiger partial charge on any atom is 0.335 e. The van der Waals surface area contributed by atoms with Gasteiger partial charge in [-0.2, -0.15) is 0 Å². The Morgan fingerprint density at radius 1 is 1.31 bits per heavy atom. The molecule has 1 rings (SSSR count). The zero-order valence-electron chi connectivity index (χ0n) is 10.8. The van der Waals surface area contributed by atoms with E-state index < -0.39 is 12.1 Å². The molecule has 3 nitrogen and oxygen atoms in total. The van der Waals surface area contributed by atoms with Crippen LogP contribution in [-0.2, 0) is 9.53 Å². The van der Waals surface area contributed by atoms with E-state index in [1.54, 1.807) is 0 Å². The van der Waals surface area contributed by atoms with Crippen LogP contribution in [0.1, 0.15) is 53.4 Å². The Kier molecular flexibility index (Phi) is 4.36. The van der Waals surface area contributed by atoms with Crippen LogP contribution in [0.3, 0.4) is 0 Å². The monoisotopic (exact) mass is 228 g/mol. The summed E-state index contributed by atoms with van der Waals surface area (Å²) in [6, 6.07) is 0. The topological polar surface area (TPSA) is 46.5 Å². The van der Waals surface area contributed by atoms with Crippen LogP contribution in [-0.4, -0.2) is 22.8 Å². The van der Waals surface area contributed by atoms with Crippen LogP contribution in [0.2, 0.25) is 0 Å². The Bertz CT molecular complexity index is 238. The van der Waals surface area contributed by atoms with Gasteiger partial charge in [-0.15, -0.1) is 0 Å². The minimum absolute atomic E-state index is 0.362. The number of hydrogen-bond donors (Lipinski definition) is 1. The van der Waals surface area contributed by atoms with Gasteiger partial charge in [-0.05, 0) is 51.4 Å². The lowest BCUT2D eigenvalue weighted by atomic mass is 9.75. The molecule has 0 bridgehead atoms. The van der Waals surface area contributed by atoms with E-state index in [0.29, 0.717) is 5.92 Å². The van der Waals surface area contributed by atoms with Gasteiger partial charge in [-0.3, -0.25) is 0 Å². The fourth-order valence-corrected chi connectivity index (χ4v) is 2.35. The molecule has 0 unspecified atom stereocenters. The molecule has 1 aliphatic rings. The molecule has 3 heteroatoms. The molecule has 16 heavy (non-hydrogen) atoms. The van der Waals surface area contributed by atoms with Crippen molar-refractivity contribution in [3.8, 4) is 0 Å². The first-order chi connectivity index (χ1) is 7.34. The second kappa shape index (κ2) is 5.17. The smallest absolute Gasteiger partial charge is 0.335 e. The highest BCUT2D eigenvalue weighted by Crippen LogP contribution is 2.37. The van der Waals surface area contributed by atoms with Crippen molar-refractivity contribution in [2.24, 2.45) is 11.8 Å². The van der Waals surface area contributed by atoms with E-state index in [-0.39, 0.29) is 5.60 Å². The second-order valence-electron chi connectivity index (χ2n) is 5.63. The molecule has 1 aliphatic carbocycles. The van der Waals surface area contributed by atoms with Crippen molar-refractivity contribution in [1.82, 2.24) is 0 Å². The van der Waals surface area contributed by atoms with Crippen LogP contribution in [0.15, 0.2) is 0 Å². The quantitative estimate of drug-likeness (QED) is 0.755. The predicted molar refractivity (Wildman–Crippen MR) is 63.0 cm³/mol. The van der Waals surface area contributed by atoms with Crippen molar-refractivity contribution < 1.29 is 14.6 Å². The van der Waals surface area contributed by atoms with Crippen LogP contribution >= 0.6 is 0 Å². The van der Waals surface area contributed by atoms with Crippen molar-refractivity contribution in [3.05, 3.63) is 0 Å². The number of carbonyl (C=O) groups is 1. The Labute approximate surface area is 98.2 Å². The summed E-state index contributed by atoms with van der Waals surface area (Å²) in [6.45, 7) is 7.92. The van der Waals surface area contributed by atoms with Gasteiger partial charge in [0.2, 0.25) is 0 Å². The molecule has 1 atom stereocenters. The molecular weight excluding hydrogens is 204 g/mol. The first-order valence-corrected chi connectivity index (χ1v) is 6.25. The summed E-state index contributed by atoms with van der Waals surface area (Å²) in [6.07, 6.45) is 3.03. The summed E-state index contributed by atoms with van der Waals surface area (Å²) < 4.78 is 5.38. The molecule has 0 spiro atoms. The molecule has 0 aromatic rings. The fraction of sp³-hybridized carbons (Fsp3) is 0.923. The summed E-state index contributed by atoms with van der Waals surface area (Å²) in [5, 5.41) is 9.13. The lowest BCUT2D eigenvalue weighted by Gasteiger charge is -2.38. The van der Waals surface area contributed by atoms with E-state index >= 15 is 0 Å². The second-order valence-corrected chi connectivity index (χ2v) is 5.63. The van der Waals surface area contributed by atoms with Gasteiger partial charge in [0, 0.05) is 0 Å². The van der Waals surface area contributed by atoms with Crippen molar-refractivity contribution in [2.45, 2.75) is 65.1 Å². The Balaban J connectivity index is 2.47. The van der Waals surface area contributed by atoms with Gasteiger partial charge in [-0.25, -0.2) is 4.79 Å². The third kappa shape index (κ3) is 3.48. The number of aliphatic hydroxyl groups is 1. The van der Waals surface area contributed by atoms with Crippen LogP contribution in [0.5, 0.6) is 0 Å². The Morgan fingerprint density at radius 3 is 2.19 bits per heavy atom. The number of esters is 1. The highest BCUT2D eigenvalue weighted by atomic mass is 16.6. The molecule has 1 N–H and O–H groups in total. The number of carbonyl (C=O) groups excluding carboxylic acids is 1. The van der Waals surface area contributed by atoms with Gasteiger partial charge < -0.3 is 9.84 Å². The molecule has 0 aromatic carbocycles. The minimum atomic E-state index is -1.01. The van der Waals surface area contributed by atoms with E-state index in [1.165, 1.54) is 6.92 Å². The van der Waals surface area contributed by atoms with E-state index in [9.17, 15) is 4.79 Å². The average Bonchev–Trinajstić information content (AvgIpc) is 2.17. The van der Waals surface area contributed by atoms with Crippen LogP contribution < -0.4 is 0 Å². The summed E-state index contributed by atoms with van der Waals surface area (Å²) >= 11 is 0. The zero-order valence-corrected chi connectivity index (χ0v) is 10.8. The fourth-order valence-electron chi connectivity index (χ4n) is 2.35. The molecule has 0 amide bonds. The van der Waals surface area contributed by atoms with Gasteiger partial charge in [0.15, 0.2) is 0 Å². The number of rotatable bonds is 3. The zero-order chi connectivity index (χ0) is 12.3. The minimum Gasteiger partial charge on any atom is -0.457 e. The molecule has 0 saturated heterocycles. The van der Waals surface area contributed by atoms with Gasteiger partial charge in [0.1, 0.15) is 11.7 Å². The standard InChI is InChI=1S/C13H24O3/c1-9(2)11-5-7-13(4,8-6-11)16-12(15)10(3)14/h9-11,14H,5-8H2,1-4H3/t10-,11?,13?/m1/s1. The predicted octanol–water partition coefficient (Wildman–Crippen LogP) is 2.52. The van der Waals surface area contributed by atoms with Crippen LogP contribution in [0.25, 0.3) is 0 Å². The van der Waals surface area contributed by atoms with Crippen molar-refractivity contribution in [1.29, 1.82) is 0 Å². The highest BCUT2D eigenvalue weighted by molar-refractivity contribution is 5.74. The molecule has 0 aliphatic heterocycles. The molecule has 0 heterocycles. The molecule has 1 saturated carbocycles. The largest absolute Gasteiger partial charge is 0.457 e. The third-order valence-electron chi connectivity index (χ3n) is 3.72. The SMILES string of the molecule is CC(C)C1CCC(C)(OC(=O)[C@@H](C)O)CC1. The van der Waals surface area contributed by atoms with Crippen LogP contribution in [0.4, 0.5) is 0 Å². The Morgan fingerprint density at radius 2 is 1.81 bits per heavy atom. The maximum atomic E-state index is 11.4. The third-order valence-corrected chi connectivity index (χ3v) is 3.72. The lowest BCUT2D eigenvalue weighted by molar-refractivity contribution is -0.171. The normalized spacial score (nSPS) is 32.5.